The second-order valence-corrected chi connectivity index (χ2v) is 8.85. The zero-order valence-electron chi connectivity index (χ0n) is 19.7. The molecule has 4 atom stereocenters. The molecule has 0 aliphatic carbocycles. The summed E-state index contributed by atoms with van der Waals surface area (Å²) >= 11 is 0. The summed E-state index contributed by atoms with van der Waals surface area (Å²) in [5.74, 6) is -0.309. The minimum atomic E-state index is -1.24. The summed E-state index contributed by atoms with van der Waals surface area (Å²) in [7, 11) is 2.86. The van der Waals surface area contributed by atoms with Gasteiger partial charge >= 0.3 is 5.97 Å². The Hall–Kier alpha value is -4.24. The summed E-state index contributed by atoms with van der Waals surface area (Å²) in [6, 6.07) is 18.7. The third-order valence-electron chi connectivity index (χ3n) is 7.14. The molecule has 0 bridgehead atoms. The molecule has 9 heteroatoms. The van der Waals surface area contributed by atoms with Crippen molar-refractivity contribution in [2.45, 2.75) is 18.0 Å². The number of nitro benzene ring substituents is 1. The first kappa shape index (κ1) is 23.5. The van der Waals surface area contributed by atoms with Crippen molar-refractivity contribution in [3.05, 3.63) is 99.6 Å². The Labute approximate surface area is 207 Å². The van der Waals surface area contributed by atoms with Gasteiger partial charge in [-0.2, -0.15) is 0 Å². The van der Waals surface area contributed by atoms with E-state index in [-0.39, 0.29) is 18.1 Å². The van der Waals surface area contributed by atoms with Gasteiger partial charge < -0.3 is 14.2 Å². The molecule has 1 fully saturated rings. The lowest BCUT2D eigenvalue weighted by atomic mass is 9.62. The van der Waals surface area contributed by atoms with E-state index in [4.69, 9.17) is 14.2 Å². The van der Waals surface area contributed by atoms with Crippen LogP contribution >= 0.6 is 0 Å². The second kappa shape index (κ2) is 9.09. The van der Waals surface area contributed by atoms with Gasteiger partial charge in [-0.1, -0.05) is 36.4 Å². The standard InChI is InChI=1S/C27H24N2O7/c1-34-19-13-9-17(10-14-19)24-27(15-36-21-6-4-3-5-20(21)25(27)30)22(23(28-24)26(31)35-2)16-7-11-18(12-8-16)29(32)33/h3-14,22-24,28H,15H2,1-2H3/t22-,23+,24+,27+/m1/s1. The fourth-order valence-electron chi connectivity index (χ4n) is 5.45. The molecule has 2 aliphatic rings. The molecule has 36 heavy (non-hydrogen) atoms. The van der Waals surface area contributed by atoms with Gasteiger partial charge in [0.15, 0.2) is 5.78 Å². The number of para-hydroxylation sites is 1. The number of hydrogen-bond acceptors (Lipinski definition) is 8. The van der Waals surface area contributed by atoms with Crippen LogP contribution in [0.2, 0.25) is 0 Å². The van der Waals surface area contributed by atoms with E-state index in [0.29, 0.717) is 22.6 Å². The third-order valence-corrected chi connectivity index (χ3v) is 7.14. The largest absolute Gasteiger partial charge is 0.497 e. The monoisotopic (exact) mass is 488 g/mol. The number of benzene rings is 3. The van der Waals surface area contributed by atoms with Gasteiger partial charge in [-0.25, -0.2) is 0 Å². The molecule has 1 saturated heterocycles. The number of carbonyl (C=O) groups excluding carboxylic acids is 2. The Morgan fingerprint density at radius 1 is 1.03 bits per heavy atom. The molecule has 9 nitrogen and oxygen atoms in total. The topological polar surface area (TPSA) is 117 Å². The molecule has 1 spiro atoms. The van der Waals surface area contributed by atoms with Crippen molar-refractivity contribution < 1.29 is 28.7 Å². The lowest BCUT2D eigenvalue weighted by molar-refractivity contribution is -0.384. The van der Waals surface area contributed by atoms with Crippen molar-refractivity contribution in [1.82, 2.24) is 5.32 Å². The van der Waals surface area contributed by atoms with Crippen molar-refractivity contribution >= 4 is 17.4 Å². The SMILES string of the molecule is COC(=O)[C@H]1N[C@@H](c2ccc(OC)cc2)[C@]2(COc3ccccc3C2=O)[C@@H]1c1ccc([N+](=O)[O-])cc1. The number of non-ortho nitro benzene ring substituents is 1. The maximum atomic E-state index is 14.4. The molecule has 0 aromatic heterocycles. The van der Waals surface area contributed by atoms with Crippen molar-refractivity contribution in [1.29, 1.82) is 0 Å². The highest BCUT2D eigenvalue weighted by atomic mass is 16.6. The zero-order valence-corrected chi connectivity index (χ0v) is 19.7. The summed E-state index contributed by atoms with van der Waals surface area (Å²) in [6.45, 7) is 0.00168. The van der Waals surface area contributed by atoms with E-state index in [0.717, 1.165) is 5.56 Å². The number of esters is 1. The van der Waals surface area contributed by atoms with Crippen LogP contribution in [0.25, 0.3) is 0 Å². The van der Waals surface area contributed by atoms with E-state index in [1.807, 2.05) is 12.1 Å². The van der Waals surface area contributed by atoms with Gasteiger partial charge in [-0.15, -0.1) is 0 Å². The first-order chi connectivity index (χ1) is 17.4. The fourth-order valence-corrected chi connectivity index (χ4v) is 5.45. The lowest BCUT2D eigenvalue weighted by Crippen LogP contribution is -2.48. The Morgan fingerprint density at radius 3 is 2.33 bits per heavy atom. The quantitative estimate of drug-likeness (QED) is 0.327. The average Bonchev–Trinajstić information content (AvgIpc) is 3.26. The first-order valence-corrected chi connectivity index (χ1v) is 11.4. The van der Waals surface area contributed by atoms with Crippen LogP contribution in [0.5, 0.6) is 11.5 Å². The molecule has 3 aromatic rings. The number of ketones is 1. The number of nitro groups is 1. The number of carbonyl (C=O) groups is 2. The van der Waals surface area contributed by atoms with E-state index in [1.54, 1.807) is 55.6 Å². The molecular weight excluding hydrogens is 464 g/mol. The number of fused-ring (bicyclic) bond motifs is 1. The van der Waals surface area contributed by atoms with Crippen LogP contribution in [0, 0.1) is 15.5 Å². The van der Waals surface area contributed by atoms with Crippen LogP contribution in [-0.2, 0) is 9.53 Å². The minimum Gasteiger partial charge on any atom is -0.497 e. The van der Waals surface area contributed by atoms with E-state index < -0.39 is 34.3 Å². The fraction of sp³-hybridized carbons (Fsp3) is 0.259. The molecule has 0 amide bonds. The molecule has 184 valence electrons. The van der Waals surface area contributed by atoms with Gasteiger partial charge in [0.05, 0.1) is 30.1 Å². The summed E-state index contributed by atoms with van der Waals surface area (Å²) in [6.07, 6.45) is 0. The third kappa shape index (κ3) is 3.59. The van der Waals surface area contributed by atoms with Gasteiger partial charge in [0.25, 0.3) is 5.69 Å². The molecule has 0 unspecified atom stereocenters. The molecule has 2 heterocycles. The molecule has 0 saturated carbocycles. The van der Waals surface area contributed by atoms with Crippen LogP contribution in [0.4, 0.5) is 5.69 Å². The molecule has 5 rings (SSSR count). The molecule has 1 N–H and O–H groups in total. The number of nitrogens with zero attached hydrogens (tertiary/aromatic N) is 1. The van der Waals surface area contributed by atoms with Crippen molar-refractivity contribution in [3.8, 4) is 11.5 Å². The van der Waals surface area contributed by atoms with Crippen molar-refractivity contribution in [2.75, 3.05) is 20.8 Å². The van der Waals surface area contributed by atoms with Crippen LogP contribution in [0.1, 0.15) is 33.4 Å². The van der Waals surface area contributed by atoms with Crippen molar-refractivity contribution in [3.63, 3.8) is 0 Å². The molecule has 3 aromatic carbocycles. The summed E-state index contributed by atoms with van der Waals surface area (Å²) in [4.78, 5) is 38.2. The van der Waals surface area contributed by atoms with E-state index in [9.17, 15) is 19.7 Å². The zero-order chi connectivity index (χ0) is 25.4. The summed E-state index contributed by atoms with van der Waals surface area (Å²) in [5, 5.41) is 14.6. The van der Waals surface area contributed by atoms with E-state index >= 15 is 0 Å². The van der Waals surface area contributed by atoms with Gasteiger partial charge in [0.2, 0.25) is 0 Å². The smallest absolute Gasteiger partial charge is 0.323 e. The number of ether oxygens (including phenoxy) is 3. The van der Waals surface area contributed by atoms with Crippen LogP contribution < -0.4 is 14.8 Å². The van der Waals surface area contributed by atoms with Crippen LogP contribution in [-0.4, -0.2) is 43.5 Å². The van der Waals surface area contributed by atoms with Crippen LogP contribution in [0.15, 0.2) is 72.8 Å². The highest BCUT2D eigenvalue weighted by Crippen LogP contribution is 2.57. The normalized spacial score (nSPS) is 24.6. The minimum absolute atomic E-state index is 0.00168. The maximum Gasteiger partial charge on any atom is 0.323 e. The number of nitrogens with one attached hydrogen (secondary N) is 1. The van der Waals surface area contributed by atoms with Gasteiger partial charge in [-0.05, 0) is 35.4 Å². The van der Waals surface area contributed by atoms with Crippen molar-refractivity contribution in [2.24, 2.45) is 5.41 Å². The number of methoxy groups -OCH3 is 2. The Kier molecular flexibility index (Phi) is 5.93. The van der Waals surface area contributed by atoms with E-state index in [2.05, 4.69) is 5.32 Å². The molecule has 0 radical (unpaired) electrons. The lowest BCUT2D eigenvalue weighted by Gasteiger charge is -2.41. The van der Waals surface area contributed by atoms with Gasteiger partial charge in [0, 0.05) is 24.1 Å². The Morgan fingerprint density at radius 2 is 1.69 bits per heavy atom. The van der Waals surface area contributed by atoms with E-state index in [1.165, 1.54) is 19.2 Å². The molecular formula is C27H24N2O7. The van der Waals surface area contributed by atoms with Gasteiger partial charge in [0.1, 0.15) is 24.1 Å². The van der Waals surface area contributed by atoms with Crippen LogP contribution in [0.3, 0.4) is 0 Å². The number of hydrogen-bond donors (Lipinski definition) is 1. The number of rotatable bonds is 5. The maximum absolute atomic E-state index is 14.4. The summed E-state index contributed by atoms with van der Waals surface area (Å²) in [5.41, 5.74) is 0.456. The average molecular weight is 488 g/mol. The first-order valence-electron chi connectivity index (χ1n) is 11.4. The Bertz CT molecular complexity index is 1320. The predicted octanol–water partition coefficient (Wildman–Crippen LogP) is 3.83. The Balaban J connectivity index is 1.72. The highest BCUT2D eigenvalue weighted by Gasteiger charge is 2.64. The van der Waals surface area contributed by atoms with Gasteiger partial charge in [-0.3, -0.25) is 25.0 Å². The summed E-state index contributed by atoms with van der Waals surface area (Å²) < 4.78 is 16.6. The second-order valence-electron chi connectivity index (χ2n) is 8.85. The number of Topliss-reactive ketones (excluding diaryl/α,β-unsaturated/α-hetero) is 1. The molecule has 2 aliphatic heterocycles. The predicted molar refractivity (Wildman–Crippen MR) is 129 cm³/mol. The highest BCUT2D eigenvalue weighted by molar-refractivity contribution is 6.06.